The Balaban J connectivity index is 1.79. The summed E-state index contributed by atoms with van der Waals surface area (Å²) in [4.78, 5) is 8.67. The SMILES string of the molecule is Cc1cccc(Cc2noc(-c3ccc(CN)cn3)n2)c1. The minimum atomic E-state index is 0.432. The van der Waals surface area contributed by atoms with Gasteiger partial charge in [-0.25, -0.2) is 0 Å². The van der Waals surface area contributed by atoms with Crippen LogP contribution in [0.15, 0.2) is 47.1 Å². The van der Waals surface area contributed by atoms with Gasteiger partial charge in [0, 0.05) is 19.2 Å². The summed E-state index contributed by atoms with van der Waals surface area (Å²) in [6, 6.07) is 12.0. The molecule has 0 spiro atoms. The first-order valence-corrected chi connectivity index (χ1v) is 6.78. The topological polar surface area (TPSA) is 77.8 Å². The molecule has 1 aromatic carbocycles. The summed E-state index contributed by atoms with van der Waals surface area (Å²) in [7, 11) is 0. The summed E-state index contributed by atoms with van der Waals surface area (Å²) in [5, 5.41) is 4.01. The van der Waals surface area contributed by atoms with Gasteiger partial charge in [0.05, 0.1) is 0 Å². The Hall–Kier alpha value is -2.53. The molecule has 3 rings (SSSR count). The predicted octanol–water partition coefficient (Wildman–Crippen LogP) is 2.49. The second kappa shape index (κ2) is 5.85. The second-order valence-electron chi connectivity index (χ2n) is 4.94. The van der Waals surface area contributed by atoms with E-state index in [-0.39, 0.29) is 0 Å². The van der Waals surface area contributed by atoms with E-state index in [0.717, 1.165) is 11.1 Å². The standard InChI is InChI=1S/C16H16N4O/c1-11-3-2-4-12(7-11)8-15-19-16(21-20-15)14-6-5-13(9-17)10-18-14/h2-7,10H,8-9,17H2,1H3. The zero-order valence-electron chi connectivity index (χ0n) is 11.8. The number of nitrogens with zero attached hydrogens (tertiary/aromatic N) is 3. The highest BCUT2D eigenvalue weighted by Crippen LogP contribution is 2.16. The van der Waals surface area contributed by atoms with Crippen molar-refractivity contribution in [3.8, 4) is 11.6 Å². The van der Waals surface area contributed by atoms with Crippen molar-refractivity contribution < 1.29 is 4.52 Å². The molecule has 0 aliphatic heterocycles. The zero-order chi connectivity index (χ0) is 14.7. The Kier molecular flexibility index (Phi) is 3.75. The van der Waals surface area contributed by atoms with Crippen molar-refractivity contribution in [2.45, 2.75) is 19.9 Å². The van der Waals surface area contributed by atoms with Gasteiger partial charge in [-0.15, -0.1) is 0 Å². The maximum atomic E-state index is 5.55. The molecule has 2 N–H and O–H groups in total. The fourth-order valence-electron chi connectivity index (χ4n) is 2.11. The Bertz CT molecular complexity index is 734. The van der Waals surface area contributed by atoms with Crippen LogP contribution in [-0.4, -0.2) is 15.1 Å². The van der Waals surface area contributed by atoms with Gasteiger partial charge < -0.3 is 10.3 Å². The molecule has 0 fully saturated rings. The van der Waals surface area contributed by atoms with E-state index in [9.17, 15) is 0 Å². The van der Waals surface area contributed by atoms with Crippen molar-refractivity contribution in [2.75, 3.05) is 0 Å². The molecule has 5 heteroatoms. The zero-order valence-corrected chi connectivity index (χ0v) is 11.8. The molecule has 2 aromatic heterocycles. The third-order valence-electron chi connectivity index (χ3n) is 3.19. The van der Waals surface area contributed by atoms with Gasteiger partial charge in [0.2, 0.25) is 0 Å². The molecule has 106 valence electrons. The lowest BCUT2D eigenvalue weighted by Gasteiger charge is -1.98. The molecule has 0 atom stereocenters. The van der Waals surface area contributed by atoms with Gasteiger partial charge >= 0.3 is 0 Å². The van der Waals surface area contributed by atoms with Crippen LogP contribution < -0.4 is 5.73 Å². The summed E-state index contributed by atoms with van der Waals surface area (Å²) in [6.07, 6.45) is 2.37. The van der Waals surface area contributed by atoms with Gasteiger partial charge in [0.1, 0.15) is 5.69 Å². The van der Waals surface area contributed by atoms with Crippen LogP contribution in [0.5, 0.6) is 0 Å². The minimum Gasteiger partial charge on any atom is -0.332 e. The van der Waals surface area contributed by atoms with E-state index in [2.05, 4.69) is 40.2 Å². The molecule has 5 nitrogen and oxygen atoms in total. The number of aromatic nitrogens is 3. The Morgan fingerprint density at radius 2 is 2.05 bits per heavy atom. The number of aryl methyl sites for hydroxylation is 1. The average molecular weight is 280 g/mol. The van der Waals surface area contributed by atoms with Crippen molar-refractivity contribution in [2.24, 2.45) is 5.73 Å². The van der Waals surface area contributed by atoms with Crippen LogP contribution in [0.4, 0.5) is 0 Å². The van der Waals surface area contributed by atoms with E-state index in [1.54, 1.807) is 6.20 Å². The quantitative estimate of drug-likeness (QED) is 0.794. The first-order chi connectivity index (χ1) is 10.2. The van der Waals surface area contributed by atoms with E-state index < -0.39 is 0 Å². The van der Waals surface area contributed by atoms with Gasteiger partial charge in [0.15, 0.2) is 5.82 Å². The average Bonchev–Trinajstić information content (AvgIpc) is 2.96. The lowest BCUT2D eigenvalue weighted by Crippen LogP contribution is -1.97. The second-order valence-corrected chi connectivity index (χ2v) is 4.94. The number of benzene rings is 1. The third kappa shape index (κ3) is 3.14. The van der Waals surface area contributed by atoms with E-state index in [1.807, 2.05) is 18.2 Å². The van der Waals surface area contributed by atoms with Crippen molar-refractivity contribution in [3.63, 3.8) is 0 Å². The minimum absolute atomic E-state index is 0.432. The molecule has 3 aromatic rings. The number of pyridine rings is 1. The Morgan fingerprint density at radius 3 is 2.76 bits per heavy atom. The van der Waals surface area contributed by atoms with Crippen molar-refractivity contribution in [1.82, 2.24) is 15.1 Å². The lowest BCUT2D eigenvalue weighted by atomic mass is 10.1. The van der Waals surface area contributed by atoms with Crippen molar-refractivity contribution in [3.05, 3.63) is 65.1 Å². The first-order valence-electron chi connectivity index (χ1n) is 6.78. The van der Waals surface area contributed by atoms with Gasteiger partial charge in [-0.05, 0) is 24.1 Å². The van der Waals surface area contributed by atoms with Gasteiger partial charge in [-0.2, -0.15) is 4.98 Å². The highest BCUT2D eigenvalue weighted by Gasteiger charge is 2.10. The fourth-order valence-corrected chi connectivity index (χ4v) is 2.11. The summed E-state index contributed by atoms with van der Waals surface area (Å²) in [5.41, 5.74) is 9.56. The van der Waals surface area contributed by atoms with E-state index in [0.29, 0.717) is 30.4 Å². The Morgan fingerprint density at radius 1 is 1.14 bits per heavy atom. The van der Waals surface area contributed by atoms with Crippen LogP contribution in [0.25, 0.3) is 11.6 Å². The molecule has 0 bridgehead atoms. The number of rotatable bonds is 4. The van der Waals surface area contributed by atoms with Crippen LogP contribution in [0, 0.1) is 6.92 Å². The summed E-state index contributed by atoms with van der Waals surface area (Å²) >= 11 is 0. The molecule has 2 heterocycles. The van der Waals surface area contributed by atoms with Crippen molar-refractivity contribution in [1.29, 1.82) is 0 Å². The highest BCUT2D eigenvalue weighted by atomic mass is 16.5. The highest BCUT2D eigenvalue weighted by molar-refractivity contribution is 5.46. The molecule has 0 aliphatic rings. The molecule has 0 saturated carbocycles. The van der Waals surface area contributed by atoms with Crippen LogP contribution in [-0.2, 0) is 13.0 Å². The molecule has 0 radical (unpaired) electrons. The molecular weight excluding hydrogens is 264 g/mol. The lowest BCUT2D eigenvalue weighted by molar-refractivity contribution is 0.422. The molecule has 0 aliphatic carbocycles. The number of hydrogen-bond donors (Lipinski definition) is 1. The predicted molar refractivity (Wildman–Crippen MR) is 79.4 cm³/mol. The molecule has 0 saturated heterocycles. The molecule has 21 heavy (non-hydrogen) atoms. The largest absolute Gasteiger partial charge is 0.332 e. The Labute approximate surface area is 122 Å². The maximum absolute atomic E-state index is 5.55. The molecular formula is C16H16N4O. The van der Waals surface area contributed by atoms with Gasteiger partial charge in [-0.1, -0.05) is 41.1 Å². The van der Waals surface area contributed by atoms with Crippen molar-refractivity contribution >= 4 is 0 Å². The number of hydrogen-bond acceptors (Lipinski definition) is 5. The fraction of sp³-hybridized carbons (Fsp3) is 0.188. The summed E-state index contributed by atoms with van der Waals surface area (Å²) in [5.74, 6) is 1.08. The number of nitrogens with two attached hydrogens (primary N) is 1. The van der Waals surface area contributed by atoms with E-state index >= 15 is 0 Å². The third-order valence-corrected chi connectivity index (χ3v) is 3.19. The first kappa shape index (κ1) is 13.5. The molecule has 0 unspecified atom stereocenters. The monoisotopic (exact) mass is 280 g/mol. The maximum Gasteiger partial charge on any atom is 0.276 e. The van der Waals surface area contributed by atoms with Crippen LogP contribution in [0.1, 0.15) is 22.5 Å². The summed E-state index contributed by atoms with van der Waals surface area (Å²) in [6.45, 7) is 2.53. The van der Waals surface area contributed by atoms with E-state index in [1.165, 1.54) is 5.56 Å². The van der Waals surface area contributed by atoms with E-state index in [4.69, 9.17) is 10.3 Å². The van der Waals surface area contributed by atoms with Crippen LogP contribution in [0.2, 0.25) is 0 Å². The van der Waals surface area contributed by atoms with Crippen LogP contribution >= 0.6 is 0 Å². The smallest absolute Gasteiger partial charge is 0.276 e. The summed E-state index contributed by atoms with van der Waals surface area (Å²) < 4.78 is 5.27. The van der Waals surface area contributed by atoms with Gasteiger partial charge in [0.25, 0.3) is 5.89 Å². The van der Waals surface area contributed by atoms with Crippen LogP contribution in [0.3, 0.4) is 0 Å². The molecule has 0 amide bonds. The normalized spacial score (nSPS) is 10.8. The van der Waals surface area contributed by atoms with Gasteiger partial charge in [-0.3, -0.25) is 4.98 Å².